The van der Waals surface area contributed by atoms with E-state index in [2.05, 4.69) is 42.2 Å². The molecule has 0 saturated heterocycles. The molecular formula is C29H42F2N2O2. The van der Waals surface area contributed by atoms with Crippen LogP contribution < -0.4 is 5.32 Å². The van der Waals surface area contributed by atoms with Crippen LogP contribution >= 0.6 is 0 Å². The molecule has 1 aliphatic rings. The first kappa shape index (κ1) is 34.0. The summed E-state index contributed by atoms with van der Waals surface area (Å²) in [6.45, 7) is 12.5. The Bertz CT molecular complexity index is 860. The summed E-state index contributed by atoms with van der Waals surface area (Å²) in [5.41, 5.74) is 2.30. The Morgan fingerprint density at radius 1 is 1.14 bits per heavy atom. The van der Waals surface area contributed by atoms with Crippen molar-refractivity contribution in [2.45, 2.75) is 60.8 Å². The van der Waals surface area contributed by atoms with E-state index in [1.165, 1.54) is 25.5 Å². The smallest absolute Gasteiger partial charge is 0.251 e. The highest BCUT2D eigenvalue weighted by atomic mass is 19.1. The van der Waals surface area contributed by atoms with Gasteiger partial charge in [-0.05, 0) is 55.4 Å². The fraction of sp³-hybridized carbons (Fsp3) is 0.448. The Morgan fingerprint density at radius 2 is 1.71 bits per heavy atom. The SMILES string of the molecule is C#C.CC.CC.C\C=C/C(=C\C(=C\CC)C1CC1)CN=C(CNC(=O)c1cc(F)cc(F)c1)OC. The van der Waals surface area contributed by atoms with Gasteiger partial charge in [0, 0.05) is 11.6 Å². The Morgan fingerprint density at radius 3 is 2.17 bits per heavy atom. The summed E-state index contributed by atoms with van der Waals surface area (Å²) in [7, 11) is 1.47. The number of carbonyl (C=O) groups is 1. The molecule has 1 saturated carbocycles. The largest absolute Gasteiger partial charge is 0.483 e. The number of amides is 1. The van der Waals surface area contributed by atoms with Gasteiger partial charge in [0.25, 0.3) is 5.91 Å². The number of ether oxygens (including phenoxy) is 1. The van der Waals surface area contributed by atoms with Crippen LogP contribution in [0.3, 0.4) is 0 Å². The van der Waals surface area contributed by atoms with Gasteiger partial charge in [0.15, 0.2) is 0 Å². The highest BCUT2D eigenvalue weighted by Crippen LogP contribution is 2.37. The number of nitrogens with zero attached hydrogens (tertiary/aromatic N) is 1. The number of hydrogen-bond acceptors (Lipinski definition) is 3. The molecule has 1 aliphatic carbocycles. The van der Waals surface area contributed by atoms with Gasteiger partial charge in [0.2, 0.25) is 5.90 Å². The van der Waals surface area contributed by atoms with Crippen molar-refractivity contribution < 1.29 is 18.3 Å². The van der Waals surface area contributed by atoms with E-state index in [0.29, 0.717) is 18.4 Å². The first-order valence-corrected chi connectivity index (χ1v) is 12.1. The predicted molar refractivity (Wildman–Crippen MR) is 145 cm³/mol. The van der Waals surface area contributed by atoms with Crippen LogP contribution in [0.15, 0.2) is 58.6 Å². The van der Waals surface area contributed by atoms with Crippen molar-refractivity contribution in [1.29, 1.82) is 0 Å². The average molecular weight is 489 g/mol. The highest BCUT2D eigenvalue weighted by Gasteiger charge is 2.24. The molecule has 6 heteroatoms. The molecule has 0 spiro atoms. The van der Waals surface area contributed by atoms with Crippen molar-refractivity contribution in [3.05, 3.63) is 70.8 Å². The maximum absolute atomic E-state index is 13.3. The number of aliphatic imine (C=N–C) groups is 1. The van der Waals surface area contributed by atoms with Crippen molar-refractivity contribution >= 4 is 11.8 Å². The van der Waals surface area contributed by atoms with Crippen LogP contribution in [0.2, 0.25) is 0 Å². The molecule has 0 aromatic heterocycles. The summed E-state index contributed by atoms with van der Waals surface area (Å²) in [5.74, 6) is -1.23. The lowest BCUT2D eigenvalue weighted by Crippen LogP contribution is -2.30. The van der Waals surface area contributed by atoms with Gasteiger partial charge in [-0.25, -0.2) is 13.8 Å². The van der Waals surface area contributed by atoms with Gasteiger partial charge in [0.1, 0.15) is 11.6 Å². The van der Waals surface area contributed by atoms with Crippen LogP contribution in [-0.2, 0) is 4.74 Å². The molecule has 2 rings (SSSR count). The van der Waals surface area contributed by atoms with Crippen LogP contribution in [0.1, 0.15) is 71.2 Å². The average Bonchev–Trinajstić information content (AvgIpc) is 3.72. The maximum Gasteiger partial charge on any atom is 0.251 e. The minimum Gasteiger partial charge on any atom is -0.483 e. The van der Waals surface area contributed by atoms with E-state index in [1.54, 1.807) is 0 Å². The van der Waals surface area contributed by atoms with E-state index in [9.17, 15) is 13.6 Å². The third kappa shape index (κ3) is 14.6. The van der Waals surface area contributed by atoms with Crippen LogP contribution in [0, 0.1) is 30.4 Å². The van der Waals surface area contributed by atoms with Gasteiger partial charge in [-0.2, -0.15) is 0 Å². The van der Waals surface area contributed by atoms with Crippen molar-refractivity contribution in [1.82, 2.24) is 5.32 Å². The molecule has 35 heavy (non-hydrogen) atoms. The molecule has 1 N–H and O–H groups in total. The van der Waals surface area contributed by atoms with Gasteiger partial charge in [-0.3, -0.25) is 4.79 Å². The van der Waals surface area contributed by atoms with Crippen molar-refractivity contribution in [2.75, 3.05) is 20.2 Å². The quantitative estimate of drug-likeness (QED) is 0.172. The summed E-state index contributed by atoms with van der Waals surface area (Å²) < 4.78 is 31.8. The number of nitrogens with one attached hydrogen (secondary N) is 1. The fourth-order valence-electron chi connectivity index (χ4n) is 2.89. The number of terminal acetylenes is 1. The Labute approximate surface area is 211 Å². The number of halogens is 2. The molecular weight excluding hydrogens is 446 g/mol. The second-order valence-electron chi connectivity index (χ2n) is 6.86. The molecule has 1 aromatic carbocycles. The number of allylic oxidation sites excluding steroid dienone is 4. The van der Waals surface area contributed by atoms with E-state index >= 15 is 0 Å². The topological polar surface area (TPSA) is 50.7 Å². The van der Waals surface area contributed by atoms with Crippen LogP contribution in [0.5, 0.6) is 0 Å². The van der Waals surface area contributed by atoms with E-state index in [0.717, 1.165) is 30.2 Å². The number of benzene rings is 1. The fourth-order valence-corrected chi connectivity index (χ4v) is 2.89. The molecule has 1 fully saturated rings. The number of hydrogen-bond donors (Lipinski definition) is 1. The lowest BCUT2D eigenvalue weighted by Gasteiger charge is -2.09. The standard InChI is InChI=1S/C23H28F2N2O2.2C2H6.C2H2/c1-4-6-16(10-18(7-5-2)17-8-9-17)14-26-22(29-3)15-27-23(28)19-11-20(24)13-21(25)12-19;3*1-2/h4,6-7,10-13,17H,5,8-9,14-15H2,1-3H3,(H,27,28);2*1-2H3;1-2H/b6-4-,16-10+,18-7-,26-22?;;;. The summed E-state index contributed by atoms with van der Waals surface area (Å²) in [5, 5.41) is 2.57. The van der Waals surface area contributed by atoms with Crippen molar-refractivity contribution in [3.63, 3.8) is 0 Å². The molecule has 0 atom stereocenters. The van der Waals surface area contributed by atoms with Gasteiger partial charge in [-0.1, -0.05) is 58.9 Å². The van der Waals surface area contributed by atoms with E-state index in [4.69, 9.17) is 4.74 Å². The second kappa shape index (κ2) is 21.3. The molecule has 0 bridgehead atoms. The lowest BCUT2D eigenvalue weighted by atomic mass is 10.1. The minimum absolute atomic E-state index is 0.0247. The van der Waals surface area contributed by atoms with Crippen molar-refractivity contribution in [2.24, 2.45) is 10.9 Å². The van der Waals surface area contributed by atoms with Crippen molar-refractivity contribution in [3.8, 4) is 12.8 Å². The summed E-state index contributed by atoms with van der Waals surface area (Å²) in [6, 6.07) is 2.68. The summed E-state index contributed by atoms with van der Waals surface area (Å²) >= 11 is 0. The zero-order valence-electron chi connectivity index (χ0n) is 22.3. The molecule has 4 nitrogen and oxygen atoms in total. The molecule has 0 heterocycles. The summed E-state index contributed by atoms with van der Waals surface area (Å²) in [6.07, 6.45) is 19.8. The van der Waals surface area contributed by atoms with Gasteiger partial charge in [-0.15, -0.1) is 12.8 Å². The minimum atomic E-state index is -0.802. The summed E-state index contributed by atoms with van der Waals surface area (Å²) in [4.78, 5) is 16.6. The first-order valence-electron chi connectivity index (χ1n) is 12.1. The molecule has 0 aliphatic heterocycles. The van der Waals surface area contributed by atoms with Gasteiger partial charge >= 0.3 is 0 Å². The Balaban J connectivity index is 0. The van der Waals surface area contributed by atoms with E-state index in [1.807, 2.05) is 46.8 Å². The van der Waals surface area contributed by atoms with Gasteiger partial charge in [0.05, 0.1) is 20.2 Å². The Kier molecular flexibility index (Phi) is 20.7. The third-order valence-corrected chi connectivity index (χ3v) is 4.42. The second-order valence-corrected chi connectivity index (χ2v) is 6.86. The Hall–Kier alpha value is -3.20. The number of carbonyl (C=O) groups excluding carboxylic acids is 1. The van der Waals surface area contributed by atoms with Crippen LogP contribution in [0.25, 0.3) is 0 Å². The molecule has 0 radical (unpaired) electrons. The molecule has 194 valence electrons. The molecule has 1 amide bonds. The number of rotatable bonds is 9. The van der Waals surface area contributed by atoms with E-state index in [-0.39, 0.29) is 12.1 Å². The monoisotopic (exact) mass is 488 g/mol. The predicted octanol–water partition coefficient (Wildman–Crippen LogP) is 7.29. The van der Waals surface area contributed by atoms with Crippen LogP contribution in [-0.4, -0.2) is 32.0 Å². The van der Waals surface area contributed by atoms with Crippen LogP contribution in [0.4, 0.5) is 8.78 Å². The zero-order chi connectivity index (χ0) is 27.2. The zero-order valence-corrected chi connectivity index (χ0v) is 22.3. The van der Waals surface area contributed by atoms with E-state index < -0.39 is 17.5 Å². The molecule has 1 aromatic rings. The third-order valence-electron chi connectivity index (χ3n) is 4.42. The molecule has 0 unspecified atom stereocenters. The highest BCUT2D eigenvalue weighted by molar-refractivity contribution is 5.96. The number of methoxy groups -OCH3 is 1. The normalized spacial score (nSPS) is 13.4. The lowest BCUT2D eigenvalue weighted by molar-refractivity contribution is 0.0956. The first-order chi connectivity index (χ1) is 17.0. The van der Waals surface area contributed by atoms with Gasteiger partial charge < -0.3 is 10.1 Å². The maximum atomic E-state index is 13.3.